The Morgan fingerprint density at radius 2 is 2.00 bits per heavy atom. The summed E-state index contributed by atoms with van der Waals surface area (Å²) in [5.41, 5.74) is 0.278. The molecule has 0 bridgehead atoms. The topological polar surface area (TPSA) is 73.6 Å². The summed E-state index contributed by atoms with van der Waals surface area (Å²) in [6.45, 7) is 0.743. The van der Waals surface area contributed by atoms with E-state index in [1.54, 1.807) is 6.07 Å². The lowest BCUT2D eigenvalue weighted by Crippen LogP contribution is -2.49. The molecule has 150 valence electrons. The van der Waals surface area contributed by atoms with Crippen LogP contribution in [-0.4, -0.2) is 30.5 Å². The first-order valence-electron chi connectivity index (χ1n) is 9.06. The van der Waals surface area contributed by atoms with E-state index in [2.05, 4.69) is 15.0 Å². The molecule has 2 fully saturated rings. The number of rotatable bonds is 5. The predicted molar refractivity (Wildman–Crippen MR) is 90.8 cm³/mol. The molecular weight excluding hydrogens is 377 g/mol. The van der Waals surface area contributed by atoms with Crippen LogP contribution in [0.15, 0.2) is 35.1 Å². The summed E-state index contributed by atoms with van der Waals surface area (Å²) in [5.74, 6) is -0.364. The Balaban J connectivity index is 1.62. The van der Waals surface area contributed by atoms with Gasteiger partial charge in [0.1, 0.15) is 5.75 Å². The zero-order valence-corrected chi connectivity index (χ0v) is 14.9. The molecule has 1 aliphatic heterocycles. The fourth-order valence-electron chi connectivity index (χ4n) is 3.54. The van der Waals surface area contributed by atoms with Gasteiger partial charge in [-0.05, 0) is 43.4 Å². The van der Waals surface area contributed by atoms with E-state index < -0.39 is 17.8 Å². The molecule has 2 aliphatic rings. The molecule has 1 aromatic carbocycles. The largest absolute Gasteiger partial charge is 0.573 e. The highest BCUT2D eigenvalue weighted by Gasteiger charge is 2.40. The molecule has 0 spiro atoms. The minimum absolute atomic E-state index is 0.163. The third kappa shape index (κ3) is 3.99. The number of ether oxygens (including phenoxy) is 2. The van der Waals surface area contributed by atoms with Crippen LogP contribution in [0.4, 0.5) is 13.2 Å². The van der Waals surface area contributed by atoms with Crippen molar-refractivity contribution >= 4 is 5.91 Å². The molecule has 1 aliphatic carbocycles. The number of hydrogen-bond donors (Lipinski definition) is 1. The number of carbonyl (C=O) groups excluding carboxylic acids is 1. The second-order valence-electron chi connectivity index (χ2n) is 7.07. The van der Waals surface area contributed by atoms with Crippen LogP contribution >= 0.6 is 0 Å². The highest BCUT2D eigenvalue weighted by Crippen LogP contribution is 2.41. The van der Waals surface area contributed by atoms with E-state index in [1.807, 2.05) is 0 Å². The second-order valence-corrected chi connectivity index (χ2v) is 7.07. The summed E-state index contributed by atoms with van der Waals surface area (Å²) in [6.07, 6.45) is -0.784. The Morgan fingerprint density at radius 3 is 2.68 bits per heavy atom. The van der Waals surface area contributed by atoms with E-state index in [9.17, 15) is 18.0 Å². The minimum Gasteiger partial charge on any atom is -0.438 e. The number of nitrogens with one attached hydrogen (secondary N) is 1. The first kappa shape index (κ1) is 18.8. The van der Waals surface area contributed by atoms with Gasteiger partial charge in [0.15, 0.2) is 6.39 Å². The Kier molecular flexibility index (Phi) is 4.78. The molecule has 0 atom stereocenters. The Morgan fingerprint density at radius 1 is 1.25 bits per heavy atom. The van der Waals surface area contributed by atoms with Crippen molar-refractivity contribution < 1.29 is 31.9 Å². The van der Waals surface area contributed by atoms with Crippen LogP contribution in [0.25, 0.3) is 0 Å². The molecule has 1 aromatic heterocycles. The van der Waals surface area contributed by atoms with E-state index >= 15 is 0 Å². The molecule has 1 saturated carbocycles. The van der Waals surface area contributed by atoms with Crippen LogP contribution in [0.5, 0.6) is 5.75 Å². The van der Waals surface area contributed by atoms with E-state index in [0.29, 0.717) is 37.3 Å². The maximum Gasteiger partial charge on any atom is 0.573 e. The summed E-state index contributed by atoms with van der Waals surface area (Å²) in [5, 5.41) is 2.97. The molecule has 1 N–H and O–H groups in total. The average molecular weight is 396 g/mol. The van der Waals surface area contributed by atoms with Gasteiger partial charge in [-0.3, -0.25) is 4.79 Å². The third-order valence-electron chi connectivity index (χ3n) is 5.08. The van der Waals surface area contributed by atoms with E-state index in [-0.39, 0.29) is 17.4 Å². The van der Waals surface area contributed by atoms with Crippen molar-refractivity contribution in [3.63, 3.8) is 0 Å². The van der Waals surface area contributed by atoms with Gasteiger partial charge in [0, 0.05) is 19.1 Å². The number of carbonyl (C=O) groups is 1. The standard InChI is InChI=1S/C19H19F3N2O4/c20-19(21,22)28-14-3-1-2-13(10-14)18(6-8-26-9-7-18)24-17(25)16-15(12-4-5-12)23-11-27-16/h1-3,10-12H,4-9H2,(H,24,25). The molecule has 6 nitrogen and oxygen atoms in total. The number of halogens is 3. The number of benzene rings is 1. The van der Waals surface area contributed by atoms with Crippen LogP contribution < -0.4 is 10.1 Å². The van der Waals surface area contributed by atoms with Gasteiger partial charge in [-0.25, -0.2) is 4.98 Å². The maximum atomic E-state index is 12.9. The summed E-state index contributed by atoms with van der Waals surface area (Å²) >= 11 is 0. The molecule has 1 amide bonds. The van der Waals surface area contributed by atoms with Gasteiger partial charge in [0.05, 0.1) is 11.2 Å². The lowest BCUT2D eigenvalue weighted by atomic mass is 9.82. The fraction of sp³-hybridized carbons (Fsp3) is 0.474. The van der Waals surface area contributed by atoms with Crippen molar-refractivity contribution in [2.75, 3.05) is 13.2 Å². The molecule has 4 rings (SSSR count). The minimum atomic E-state index is -4.79. The number of alkyl halides is 3. The Labute approximate surface area is 159 Å². The second kappa shape index (κ2) is 7.12. The van der Waals surface area contributed by atoms with Gasteiger partial charge in [-0.2, -0.15) is 0 Å². The van der Waals surface area contributed by atoms with Gasteiger partial charge < -0.3 is 19.2 Å². The zero-order chi connectivity index (χ0) is 19.8. The fourth-order valence-corrected chi connectivity index (χ4v) is 3.54. The van der Waals surface area contributed by atoms with Gasteiger partial charge in [0.2, 0.25) is 5.76 Å². The SMILES string of the molecule is O=C(NC1(c2cccc(OC(F)(F)F)c2)CCOCC1)c1ocnc1C1CC1. The van der Waals surface area contributed by atoms with Crippen LogP contribution in [0.3, 0.4) is 0 Å². The normalized spacial score (nSPS) is 19.2. The molecule has 28 heavy (non-hydrogen) atoms. The van der Waals surface area contributed by atoms with Crippen molar-refractivity contribution in [1.29, 1.82) is 0 Å². The highest BCUT2D eigenvalue weighted by molar-refractivity contribution is 5.93. The molecule has 1 saturated heterocycles. The van der Waals surface area contributed by atoms with Crippen molar-refractivity contribution in [2.24, 2.45) is 0 Å². The van der Waals surface area contributed by atoms with Crippen LogP contribution in [0.1, 0.15) is 53.4 Å². The summed E-state index contributed by atoms with van der Waals surface area (Å²) in [4.78, 5) is 17.1. The molecule has 2 aromatic rings. The zero-order valence-electron chi connectivity index (χ0n) is 14.9. The average Bonchev–Trinajstić information content (AvgIpc) is 3.37. The molecule has 9 heteroatoms. The highest BCUT2D eigenvalue weighted by atomic mass is 19.4. The number of oxazole rings is 1. The lowest BCUT2D eigenvalue weighted by Gasteiger charge is -2.38. The number of nitrogens with zero attached hydrogens (tertiary/aromatic N) is 1. The first-order valence-corrected chi connectivity index (χ1v) is 9.06. The van der Waals surface area contributed by atoms with Crippen LogP contribution in [-0.2, 0) is 10.3 Å². The molecule has 2 heterocycles. The van der Waals surface area contributed by atoms with Gasteiger partial charge in [0.25, 0.3) is 5.91 Å². The maximum absolute atomic E-state index is 12.9. The molecule has 0 unspecified atom stereocenters. The summed E-state index contributed by atoms with van der Waals surface area (Å²) in [7, 11) is 0. The molecule has 0 radical (unpaired) electrons. The van der Waals surface area contributed by atoms with E-state index in [4.69, 9.17) is 9.15 Å². The molecular formula is C19H19F3N2O4. The van der Waals surface area contributed by atoms with Gasteiger partial charge in [-0.1, -0.05) is 12.1 Å². The van der Waals surface area contributed by atoms with Crippen LogP contribution in [0, 0.1) is 0 Å². The summed E-state index contributed by atoms with van der Waals surface area (Å²) in [6, 6.07) is 5.69. The Hall–Kier alpha value is -2.55. The van der Waals surface area contributed by atoms with Crippen LogP contribution in [0.2, 0.25) is 0 Å². The lowest BCUT2D eigenvalue weighted by molar-refractivity contribution is -0.274. The Bertz CT molecular complexity index is 855. The van der Waals surface area contributed by atoms with E-state index in [0.717, 1.165) is 12.8 Å². The number of hydrogen-bond acceptors (Lipinski definition) is 5. The summed E-state index contributed by atoms with van der Waals surface area (Å²) < 4.78 is 52.6. The third-order valence-corrected chi connectivity index (χ3v) is 5.08. The van der Waals surface area contributed by atoms with E-state index in [1.165, 1.54) is 24.6 Å². The van der Waals surface area contributed by atoms with Gasteiger partial charge >= 0.3 is 6.36 Å². The van der Waals surface area contributed by atoms with Gasteiger partial charge in [-0.15, -0.1) is 13.2 Å². The number of amides is 1. The van der Waals surface area contributed by atoms with Crippen molar-refractivity contribution in [3.8, 4) is 5.75 Å². The predicted octanol–water partition coefficient (Wildman–Crippen LogP) is 3.89. The quantitative estimate of drug-likeness (QED) is 0.830. The van der Waals surface area contributed by atoms with Crippen molar-refractivity contribution in [1.82, 2.24) is 10.3 Å². The number of aromatic nitrogens is 1. The smallest absolute Gasteiger partial charge is 0.438 e. The van der Waals surface area contributed by atoms with Crippen molar-refractivity contribution in [3.05, 3.63) is 47.7 Å². The first-order chi connectivity index (χ1) is 13.4. The monoisotopic (exact) mass is 396 g/mol. The van der Waals surface area contributed by atoms with Crippen molar-refractivity contribution in [2.45, 2.75) is 43.5 Å².